The largest absolute Gasteiger partial charge is 0.368 e. The fraction of sp³-hybridized carbons (Fsp3) is 0.371. The van der Waals surface area contributed by atoms with Crippen molar-refractivity contribution >= 4 is 45.6 Å². The Balaban J connectivity index is 1.10. The molecule has 8 rings (SSSR count). The molecule has 2 aromatic carbocycles. The van der Waals surface area contributed by atoms with Crippen LogP contribution < -0.4 is 42.1 Å². The van der Waals surface area contributed by atoms with Gasteiger partial charge in [-0.1, -0.05) is 36.4 Å². The lowest BCUT2D eigenvalue weighted by Gasteiger charge is -2.37. The Labute approximate surface area is 291 Å². The minimum Gasteiger partial charge on any atom is -0.368 e. The van der Waals surface area contributed by atoms with Gasteiger partial charge in [0.1, 0.15) is 0 Å². The number of imidazole rings is 2. The number of H-pyrrole nitrogens is 2. The highest BCUT2D eigenvalue weighted by Crippen LogP contribution is 2.26. The summed E-state index contributed by atoms with van der Waals surface area (Å²) in [6.07, 6.45) is 0.509. The van der Waals surface area contributed by atoms with Crippen LogP contribution in [0.1, 0.15) is 6.42 Å². The molecule has 2 aliphatic heterocycles. The second-order valence-electron chi connectivity index (χ2n) is 13.1. The number of rotatable bonds is 8. The molecule has 51 heavy (non-hydrogen) atoms. The van der Waals surface area contributed by atoms with Crippen LogP contribution in [0.3, 0.4) is 0 Å². The molecule has 2 saturated heterocycles. The van der Waals surface area contributed by atoms with E-state index >= 15 is 0 Å². The van der Waals surface area contributed by atoms with E-state index in [0.29, 0.717) is 79.9 Å². The molecule has 0 bridgehead atoms. The van der Waals surface area contributed by atoms with Crippen molar-refractivity contribution < 1.29 is 0 Å². The summed E-state index contributed by atoms with van der Waals surface area (Å²) in [6, 6.07) is 20.5. The summed E-state index contributed by atoms with van der Waals surface area (Å²) in [5.41, 5.74) is 1.56. The van der Waals surface area contributed by atoms with Gasteiger partial charge in [-0.2, -0.15) is 9.97 Å². The molecule has 0 radical (unpaired) electrons. The van der Waals surface area contributed by atoms with E-state index in [-0.39, 0.29) is 0 Å². The molecular formula is C35H40N12O4. The zero-order chi connectivity index (χ0) is 35.2. The van der Waals surface area contributed by atoms with Crippen molar-refractivity contribution in [1.82, 2.24) is 38.2 Å². The van der Waals surface area contributed by atoms with Gasteiger partial charge in [0.15, 0.2) is 22.3 Å². The van der Waals surface area contributed by atoms with Crippen molar-refractivity contribution in [1.29, 1.82) is 0 Å². The zero-order valence-electron chi connectivity index (χ0n) is 28.7. The first-order chi connectivity index (χ1) is 24.8. The van der Waals surface area contributed by atoms with Crippen LogP contribution in [-0.4, -0.2) is 90.6 Å². The molecule has 2 fully saturated rings. The SMILES string of the molecule is Cn1c(=O)[nH]c(=O)c2c1nc(N1CCN(c3ccccc3)CC1)n2CCCn1c(N2CCN(c3ccccc3)CC2)nc2c1c(=O)[nH]c(=O)n2C. The van der Waals surface area contributed by atoms with Gasteiger partial charge in [0, 0.05) is 90.9 Å². The smallest absolute Gasteiger partial charge is 0.329 e. The molecule has 2 aliphatic rings. The number of aromatic amines is 2. The predicted octanol–water partition coefficient (Wildman–Crippen LogP) is 0.904. The Kier molecular flexibility index (Phi) is 8.20. The minimum absolute atomic E-state index is 0.320. The summed E-state index contributed by atoms with van der Waals surface area (Å²) in [5, 5.41) is 0. The van der Waals surface area contributed by atoms with Gasteiger partial charge in [-0.15, -0.1) is 0 Å². The lowest BCUT2D eigenvalue weighted by atomic mass is 10.2. The van der Waals surface area contributed by atoms with Crippen LogP contribution in [0.5, 0.6) is 0 Å². The first-order valence-corrected chi connectivity index (χ1v) is 17.3. The highest BCUT2D eigenvalue weighted by atomic mass is 16.2. The fourth-order valence-corrected chi connectivity index (χ4v) is 7.35. The number of aromatic nitrogens is 8. The molecule has 6 aromatic rings. The second kappa shape index (κ2) is 13.0. The van der Waals surface area contributed by atoms with Gasteiger partial charge in [0.05, 0.1) is 0 Å². The number of nitrogens with zero attached hydrogens (tertiary/aromatic N) is 10. The van der Waals surface area contributed by atoms with Crippen molar-refractivity contribution in [3.05, 3.63) is 102 Å². The van der Waals surface area contributed by atoms with E-state index < -0.39 is 22.5 Å². The van der Waals surface area contributed by atoms with E-state index in [4.69, 9.17) is 9.97 Å². The van der Waals surface area contributed by atoms with Crippen LogP contribution in [0.15, 0.2) is 79.8 Å². The van der Waals surface area contributed by atoms with Crippen LogP contribution in [-0.2, 0) is 27.2 Å². The average Bonchev–Trinajstić information content (AvgIpc) is 3.74. The summed E-state index contributed by atoms with van der Waals surface area (Å²) < 4.78 is 6.52. The van der Waals surface area contributed by atoms with Gasteiger partial charge in [-0.3, -0.25) is 28.7 Å². The standard InChI is InChI=1S/C35H40N12O4/c1-40-28-26(30(48)38-34(40)50)46(32(36-28)44-20-16-42(17-21-44)24-10-5-3-6-11-24)14-9-15-47-27-29(41(2)35(51)39-31(27)49)37-33(47)45-22-18-43(19-23-45)25-12-7-4-8-13-25/h3-8,10-13H,9,14-23H2,1-2H3,(H,38,48,50)(H,39,49,51). The van der Waals surface area contributed by atoms with E-state index in [0.717, 1.165) is 37.6 Å². The number of fused-ring (bicyclic) bond motifs is 2. The fourth-order valence-electron chi connectivity index (χ4n) is 7.35. The maximum atomic E-state index is 13.3. The van der Waals surface area contributed by atoms with Crippen LogP contribution in [0.25, 0.3) is 22.3 Å². The van der Waals surface area contributed by atoms with E-state index in [1.807, 2.05) is 45.5 Å². The Morgan fingerprint density at radius 2 is 0.882 bits per heavy atom. The monoisotopic (exact) mass is 692 g/mol. The van der Waals surface area contributed by atoms with Gasteiger partial charge in [-0.25, -0.2) is 9.59 Å². The molecule has 0 unspecified atom stereocenters. The predicted molar refractivity (Wildman–Crippen MR) is 198 cm³/mol. The number of para-hydroxylation sites is 2. The maximum absolute atomic E-state index is 13.3. The lowest BCUT2D eigenvalue weighted by Crippen LogP contribution is -2.47. The Morgan fingerprint density at radius 1 is 0.529 bits per heavy atom. The van der Waals surface area contributed by atoms with E-state index in [2.05, 4.69) is 53.8 Å². The number of hydrogen-bond donors (Lipinski definition) is 2. The molecule has 0 amide bonds. The summed E-state index contributed by atoms with van der Waals surface area (Å²) in [7, 11) is 3.21. The summed E-state index contributed by atoms with van der Waals surface area (Å²) >= 11 is 0. The summed E-state index contributed by atoms with van der Waals surface area (Å²) in [4.78, 5) is 75.4. The third-order valence-electron chi connectivity index (χ3n) is 10.1. The number of benzene rings is 2. The summed E-state index contributed by atoms with van der Waals surface area (Å²) in [6.45, 7) is 6.57. The first kappa shape index (κ1) is 32.2. The average molecular weight is 693 g/mol. The van der Waals surface area contributed by atoms with Crippen molar-refractivity contribution in [2.24, 2.45) is 14.1 Å². The lowest BCUT2D eigenvalue weighted by molar-refractivity contribution is 0.551. The number of piperazine rings is 2. The van der Waals surface area contributed by atoms with Gasteiger partial charge in [-0.05, 0) is 30.7 Å². The van der Waals surface area contributed by atoms with Gasteiger partial charge in [0.25, 0.3) is 11.1 Å². The van der Waals surface area contributed by atoms with Crippen LogP contribution in [0.4, 0.5) is 23.3 Å². The third kappa shape index (κ3) is 5.75. The molecule has 0 spiro atoms. The highest BCUT2D eigenvalue weighted by Gasteiger charge is 2.27. The molecule has 2 N–H and O–H groups in total. The van der Waals surface area contributed by atoms with Gasteiger partial charge >= 0.3 is 11.4 Å². The number of hydrogen-bond acceptors (Lipinski definition) is 10. The Hall–Kier alpha value is -6.06. The van der Waals surface area contributed by atoms with E-state index in [1.165, 1.54) is 9.13 Å². The minimum atomic E-state index is -0.524. The molecule has 0 aliphatic carbocycles. The molecule has 16 nitrogen and oxygen atoms in total. The molecule has 0 saturated carbocycles. The number of anilines is 4. The van der Waals surface area contributed by atoms with Crippen LogP contribution >= 0.6 is 0 Å². The number of nitrogens with one attached hydrogen (secondary N) is 2. The maximum Gasteiger partial charge on any atom is 0.329 e. The van der Waals surface area contributed by atoms with Crippen molar-refractivity contribution in [3.8, 4) is 0 Å². The normalized spacial score (nSPS) is 15.4. The first-order valence-electron chi connectivity index (χ1n) is 17.3. The Bertz CT molecular complexity index is 2270. The molecular weight excluding hydrogens is 652 g/mol. The highest BCUT2D eigenvalue weighted by molar-refractivity contribution is 5.75. The Morgan fingerprint density at radius 3 is 1.25 bits per heavy atom. The quantitative estimate of drug-likeness (QED) is 0.235. The van der Waals surface area contributed by atoms with E-state index in [9.17, 15) is 19.2 Å². The topological polar surface area (TPSA) is 158 Å². The van der Waals surface area contributed by atoms with Gasteiger partial charge in [0.2, 0.25) is 11.9 Å². The zero-order valence-corrected chi connectivity index (χ0v) is 28.7. The van der Waals surface area contributed by atoms with E-state index in [1.54, 1.807) is 14.1 Å². The van der Waals surface area contributed by atoms with Crippen molar-refractivity contribution in [2.45, 2.75) is 19.5 Å². The molecule has 264 valence electrons. The second-order valence-corrected chi connectivity index (χ2v) is 13.1. The molecule has 6 heterocycles. The summed E-state index contributed by atoms with van der Waals surface area (Å²) in [5.74, 6) is 1.25. The van der Waals surface area contributed by atoms with Crippen molar-refractivity contribution in [3.63, 3.8) is 0 Å². The molecule has 4 aromatic heterocycles. The third-order valence-corrected chi connectivity index (χ3v) is 10.1. The van der Waals surface area contributed by atoms with Crippen LogP contribution in [0.2, 0.25) is 0 Å². The number of aryl methyl sites for hydroxylation is 4. The van der Waals surface area contributed by atoms with Crippen LogP contribution in [0, 0.1) is 0 Å². The van der Waals surface area contributed by atoms with Gasteiger partial charge < -0.3 is 28.7 Å². The molecule has 0 atom stereocenters. The molecule has 16 heteroatoms. The van der Waals surface area contributed by atoms with Crippen molar-refractivity contribution in [2.75, 3.05) is 72.0 Å².